The van der Waals surface area contributed by atoms with Crippen LogP contribution in [-0.2, 0) is 9.59 Å². The molecule has 5 nitrogen and oxygen atoms in total. The van der Waals surface area contributed by atoms with Crippen LogP contribution in [0, 0.1) is 5.92 Å². The molecule has 0 spiro atoms. The topological polar surface area (TPSA) is 52.7 Å². The van der Waals surface area contributed by atoms with Crippen molar-refractivity contribution in [3.05, 3.63) is 0 Å². The van der Waals surface area contributed by atoms with Crippen LogP contribution in [0.4, 0.5) is 0 Å². The predicted molar refractivity (Wildman–Crippen MR) is 110 cm³/mol. The summed E-state index contributed by atoms with van der Waals surface area (Å²) in [5, 5.41) is 3.43. The molecule has 1 aliphatic carbocycles. The standard InChI is InChI=1S/C19H33N3O2S.ClH/c23-18(7-6-16-4-2-1-3-5-16)21-9-11-22(12-10-21)19(24)14-17-15-25-13-8-20-17;/h16-17,20H,1-15H2;1H. The lowest BCUT2D eigenvalue weighted by Gasteiger charge is -2.36. The Morgan fingerprint density at radius 2 is 1.62 bits per heavy atom. The van der Waals surface area contributed by atoms with Gasteiger partial charge in [-0.1, -0.05) is 32.1 Å². The van der Waals surface area contributed by atoms with Crippen LogP contribution >= 0.6 is 24.2 Å². The van der Waals surface area contributed by atoms with E-state index in [0.29, 0.717) is 51.0 Å². The highest BCUT2D eigenvalue weighted by atomic mass is 35.5. The number of nitrogens with one attached hydrogen (secondary N) is 1. The lowest BCUT2D eigenvalue weighted by molar-refractivity contribution is -0.140. The second-order valence-electron chi connectivity index (χ2n) is 7.73. The van der Waals surface area contributed by atoms with E-state index in [-0.39, 0.29) is 18.3 Å². The third kappa shape index (κ3) is 6.61. The van der Waals surface area contributed by atoms with Crippen LogP contribution in [0.5, 0.6) is 0 Å². The van der Waals surface area contributed by atoms with Gasteiger partial charge in [0.25, 0.3) is 0 Å². The van der Waals surface area contributed by atoms with Gasteiger partial charge in [-0.15, -0.1) is 12.4 Å². The van der Waals surface area contributed by atoms with E-state index in [2.05, 4.69) is 5.32 Å². The number of carbonyl (C=O) groups excluding carboxylic acids is 2. The molecule has 0 radical (unpaired) electrons. The van der Waals surface area contributed by atoms with Crippen molar-refractivity contribution in [3.8, 4) is 0 Å². The molecular formula is C19H34ClN3O2S. The molecule has 2 aliphatic heterocycles. The fourth-order valence-corrected chi connectivity index (χ4v) is 5.21. The van der Waals surface area contributed by atoms with Crippen molar-refractivity contribution in [1.82, 2.24) is 15.1 Å². The molecular weight excluding hydrogens is 370 g/mol. The van der Waals surface area contributed by atoms with Crippen LogP contribution in [0.25, 0.3) is 0 Å². The summed E-state index contributed by atoms with van der Waals surface area (Å²) in [5.74, 6) is 3.48. The Morgan fingerprint density at radius 1 is 0.962 bits per heavy atom. The highest BCUT2D eigenvalue weighted by molar-refractivity contribution is 7.99. The first kappa shape index (κ1) is 21.8. The van der Waals surface area contributed by atoms with Gasteiger partial charge in [0.1, 0.15) is 0 Å². The van der Waals surface area contributed by atoms with Crippen molar-refractivity contribution in [1.29, 1.82) is 0 Å². The van der Waals surface area contributed by atoms with Gasteiger partial charge in [0.2, 0.25) is 11.8 Å². The van der Waals surface area contributed by atoms with E-state index in [1.165, 1.54) is 32.1 Å². The van der Waals surface area contributed by atoms with E-state index in [1.807, 2.05) is 21.6 Å². The fourth-order valence-electron chi connectivity index (χ4n) is 4.26. The minimum atomic E-state index is 0. The smallest absolute Gasteiger partial charge is 0.224 e. The Labute approximate surface area is 168 Å². The first-order chi connectivity index (χ1) is 12.2. The van der Waals surface area contributed by atoms with E-state index in [9.17, 15) is 9.59 Å². The zero-order valence-electron chi connectivity index (χ0n) is 15.8. The molecule has 1 N–H and O–H groups in total. The Morgan fingerprint density at radius 3 is 2.23 bits per heavy atom. The molecule has 26 heavy (non-hydrogen) atoms. The zero-order chi connectivity index (χ0) is 17.5. The van der Waals surface area contributed by atoms with Crippen molar-refractivity contribution in [2.75, 3.05) is 44.2 Å². The first-order valence-corrected chi connectivity index (χ1v) is 11.2. The summed E-state index contributed by atoms with van der Waals surface area (Å²) in [6.45, 7) is 3.83. The molecule has 2 saturated heterocycles. The maximum atomic E-state index is 12.4. The summed E-state index contributed by atoms with van der Waals surface area (Å²) < 4.78 is 0. The predicted octanol–water partition coefficient (Wildman–Crippen LogP) is 2.53. The van der Waals surface area contributed by atoms with Crippen molar-refractivity contribution in [3.63, 3.8) is 0 Å². The highest BCUT2D eigenvalue weighted by Crippen LogP contribution is 2.27. The lowest BCUT2D eigenvalue weighted by Crippen LogP contribution is -2.52. The fraction of sp³-hybridized carbons (Fsp3) is 0.895. The summed E-state index contributed by atoms with van der Waals surface area (Å²) in [6, 6.07) is 0.321. The Balaban J connectivity index is 0.00000243. The van der Waals surface area contributed by atoms with Gasteiger partial charge in [-0.3, -0.25) is 9.59 Å². The number of piperazine rings is 1. The van der Waals surface area contributed by atoms with E-state index >= 15 is 0 Å². The zero-order valence-corrected chi connectivity index (χ0v) is 17.4. The van der Waals surface area contributed by atoms with Crippen molar-refractivity contribution in [2.45, 2.75) is 57.4 Å². The van der Waals surface area contributed by atoms with Gasteiger partial charge < -0.3 is 15.1 Å². The van der Waals surface area contributed by atoms with Crippen molar-refractivity contribution in [2.24, 2.45) is 5.92 Å². The number of thioether (sulfide) groups is 1. The van der Waals surface area contributed by atoms with Crippen LogP contribution in [-0.4, -0.2) is 71.9 Å². The molecule has 1 saturated carbocycles. The Hall–Kier alpha value is -0.460. The van der Waals surface area contributed by atoms with Crippen LogP contribution in [0.2, 0.25) is 0 Å². The summed E-state index contributed by atoms with van der Waals surface area (Å²) >= 11 is 1.93. The summed E-state index contributed by atoms with van der Waals surface area (Å²) in [5.41, 5.74) is 0. The molecule has 0 aromatic rings. The average molecular weight is 404 g/mol. The van der Waals surface area contributed by atoms with Gasteiger partial charge in [0.15, 0.2) is 0 Å². The number of carbonyl (C=O) groups is 2. The highest BCUT2D eigenvalue weighted by Gasteiger charge is 2.26. The van der Waals surface area contributed by atoms with E-state index in [4.69, 9.17) is 0 Å². The maximum absolute atomic E-state index is 12.4. The van der Waals surface area contributed by atoms with Crippen LogP contribution in [0.1, 0.15) is 51.4 Å². The third-order valence-electron chi connectivity index (χ3n) is 5.90. The second-order valence-corrected chi connectivity index (χ2v) is 8.88. The monoisotopic (exact) mass is 403 g/mol. The average Bonchev–Trinajstić information content (AvgIpc) is 2.68. The summed E-state index contributed by atoms with van der Waals surface area (Å²) in [7, 11) is 0. The Kier molecular flexibility index (Phi) is 9.57. The molecule has 3 rings (SSSR count). The second kappa shape index (κ2) is 11.4. The Bertz CT molecular complexity index is 446. The SMILES string of the molecule is Cl.O=C(CCC1CCCCC1)N1CCN(C(=O)CC2CSCCN2)CC1. The maximum Gasteiger partial charge on any atom is 0.224 e. The van der Waals surface area contributed by atoms with Gasteiger partial charge in [-0.25, -0.2) is 0 Å². The minimum absolute atomic E-state index is 0. The van der Waals surface area contributed by atoms with E-state index in [0.717, 1.165) is 30.4 Å². The van der Waals surface area contributed by atoms with Gasteiger partial charge in [-0.05, 0) is 12.3 Å². The molecule has 1 unspecified atom stereocenters. The first-order valence-electron chi connectivity index (χ1n) is 10.1. The van der Waals surface area contributed by atoms with Gasteiger partial charge >= 0.3 is 0 Å². The molecule has 150 valence electrons. The third-order valence-corrected chi connectivity index (χ3v) is 7.03. The van der Waals surface area contributed by atoms with Gasteiger partial charge in [-0.2, -0.15) is 11.8 Å². The van der Waals surface area contributed by atoms with Crippen molar-refractivity contribution < 1.29 is 9.59 Å². The molecule has 3 aliphatic rings. The number of amides is 2. The molecule has 0 aromatic heterocycles. The molecule has 2 amide bonds. The van der Waals surface area contributed by atoms with E-state index in [1.54, 1.807) is 0 Å². The molecule has 7 heteroatoms. The molecule has 1 atom stereocenters. The number of rotatable bonds is 5. The largest absolute Gasteiger partial charge is 0.339 e. The van der Waals surface area contributed by atoms with Gasteiger partial charge in [0, 0.05) is 63.1 Å². The minimum Gasteiger partial charge on any atom is -0.339 e. The number of hydrogen-bond donors (Lipinski definition) is 1. The lowest BCUT2D eigenvalue weighted by atomic mass is 9.86. The molecule has 3 fully saturated rings. The molecule has 0 aromatic carbocycles. The van der Waals surface area contributed by atoms with Crippen molar-refractivity contribution >= 4 is 36.0 Å². The van der Waals surface area contributed by atoms with Gasteiger partial charge in [0.05, 0.1) is 0 Å². The number of halogens is 1. The quantitative estimate of drug-likeness (QED) is 0.766. The number of nitrogens with zero attached hydrogens (tertiary/aromatic N) is 2. The molecule has 0 bridgehead atoms. The van der Waals surface area contributed by atoms with E-state index < -0.39 is 0 Å². The van der Waals surface area contributed by atoms with Crippen LogP contribution in [0.15, 0.2) is 0 Å². The van der Waals surface area contributed by atoms with Crippen LogP contribution in [0.3, 0.4) is 0 Å². The summed E-state index contributed by atoms with van der Waals surface area (Å²) in [6.07, 6.45) is 9.02. The normalized spacial score (nSPS) is 24.8. The summed E-state index contributed by atoms with van der Waals surface area (Å²) in [4.78, 5) is 28.8. The molecule has 2 heterocycles. The number of hydrogen-bond acceptors (Lipinski definition) is 4. The van der Waals surface area contributed by atoms with Crippen LogP contribution < -0.4 is 5.32 Å².